The molecule has 0 bridgehead atoms. The summed E-state index contributed by atoms with van der Waals surface area (Å²) in [5, 5.41) is 20.0. The molecular formula is C25H27ClN4O8. The first-order valence-corrected chi connectivity index (χ1v) is 12.0. The Morgan fingerprint density at radius 2 is 2.03 bits per heavy atom. The number of methoxy groups -OCH3 is 1. The van der Waals surface area contributed by atoms with Crippen molar-refractivity contribution in [2.45, 2.75) is 26.1 Å². The van der Waals surface area contributed by atoms with Crippen LogP contribution in [0.25, 0.3) is 0 Å². The zero-order valence-electron chi connectivity index (χ0n) is 20.9. The number of benzene rings is 2. The van der Waals surface area contributed by atoms with Crippen LogP contribution in [-0.4, -0.2) is 56.7 Å². The maximum Gasteiger partial charge on any atom is 0.337 e. The molecule has 2 heterocycles. The summed E-state index contributed by atoms with van der Waals surface area (Å²) in [5.41, 5.74) is 4.38. The monoisotopic (exact) mass is 546 g/mol. The number of aliphatic hydroxyl groups is 1. The molecule has 2 aliphatic heterocycles. The Morgan fingerprint density at radius 1 is 1.26 bits per heavy atom. The van der Waals surface area contributed by atoms with Crippen LogP contribution in [-0.2, 0) is 9.53 Å². The molecule has 0 aromatic heterocycles. The number of ether oxygens (including phenoxy) is 5. The van der Waals surface area contributed by atoms with Crippen molar-refractivity contribution in [3.05, 3.63) is 57.8 Å². The summed E-state index contributed by atoms with van der Waals surface area (Å²) in [6.07, 6.45) is 0.281. The van der Waals surface area contributed by atoms with Gasteiger partial charge in [0.15, 0.2) is 29.2 Å². The molecule has 12 nitrogen and oxygen atoms in total. The van der Waals surface area contributed by atoms with Crippen LogP contribution in [0.3, 0.4) is 0 Å². The summed E-state index contributed by atoms with van der Waals surface area (Å²) >= 11 is 6.22. The van der Waals surface area contributed by atoms with Crippen LogP contribution in [0.4, 0.5) is 4.79 Å². The van der Waals surface area contributed by atoms with Crippen molar-refractivity contribution in [2.24, 2.45) is 5.10 Å². The van der Waals surface area contributed by atoms with Crippen molar-refractivity contribution in [1.29, 1.82) is 0 Å². The quantitative estimate of drug-likeness (QED) is 0.153. The van der Waals surface area contributed by atoms with Gasteiger partial charge in [0.2, 0.25) is 6.79 Å². The van der Waals surface area contributed by atoms with Gasteiger partial charge in [0.1, 0.15) is 6.61 Å². The number of hydrogen-bond donors (Lipinski definition) is 4. The molecule has 38 heavy (non-hydrogen) atoms. The molecule has 0 fully saturated rings. The van der Waals surface area contributed by atoms with E-state index in [0.29, 0.717) is 51.5 Å². The number of carbonyl (C=O) groups excluding carboxylic acids is 2. The second-order valence-corrected chi connectivity index (χ2v) is 8.55. The van der Waals surface area contributed by atoms with Crippen LogP contribution in [0.5, 0.6) is 23.0 Å². The minimum atomic E-state index is -1.16. The second-order valence-electron chi connectivity index (χ2n) is 8.14. The topological polar surface area (TPSA) is 149 Å². The van der Waals surface area contributed by atoms with Crippen LogP contribution < -0.4 is 35.0 Å². The fraction of sp³-hybridized carbons (Fsp3) is 0.320. The zero-order valence-corrected chi connectivity index (χ0v) is 21.6. The molecule has 0 spiro atoms. The molecule has 2 atom stereocenters. The summed E-state index contributed by atoms with van der Waals surface area (Å²) in [5.74, 6) is 1.25. The van der Waals surface area contributed by atoms with Crippen LogP contribution in [0, 0.1) is 0 Å². The Bertz CT molecular complexity index is 1280. The molecule has 4 N–H and O–H groups in total. The van der Waals surface area contributed by atoms with Gasteiger partial charge >= 0.3 is 12.0 Å². The Balaban J connectivity index is 1.43. The number of hydrogen-bond acceptors (Lipinski definition) is 10. The number of rotatable bonds is 10. The van der Waals surface area contributed by atoms with E-state index >= 15 is 0 Å². The molecule has 0 aliphatic carbocycles. The predicted molar refractivity (Wildman–Crippen MR) is 137 cm³/mol. The maximum atomic E-state index is 12.4. The largest absolute Gasteiger partial charge is 0.490 e. The van der Waals surface area contributed by atoms with E-state index in [1.807, 2.05) is 0 Å². The van der Waals surface area contributed by atoms with E-state index in [1.54, 1.807) is 44.2 Å². The van der Waals surface area contributed by atoms with Gasteiger partial charge in [0.05, 0.1) is 36.6 Å². The van der Waals surface area contributed by atoms with E-state index in [-0.39, 0.29) is 19.0 Å². The number of carbonyl (C=O) groups is 2. The van der Waals surface area contributed by atoms with Gasteiger partial charge < -0.3 is 39.4 Å². The van der Waals surface area contributed by atoms with Gasteiger partial charge in [-0.05, 0) is 37.6 Å². The maximum absolute atomic E-state index is 12.4. The average molecular weight is 547 g/mol. The first-order valence-electron chi connectivity index (χ1n) is 11.6. The summed E-state index contributed by atoms with van der Waals surface area (Å²) < 4.78 is 26.9. The van der Waals surface area contributed by atoms with E-state index in [1.165, 1.54) is 13.3 Å². The average Bonchev–Trinajstić information content (AvgIpc) is 3.34. The normalized spacial score (nSPS) is 17.1. The smallest absolute Gasteiger partial charge is 0.337 e. The molecule has 2 amide bonds. The van der Waals surface area contributed by atoms with Crippen molar-refractivity contribution in [2.75, 3.05) is 27.1 Å². The summed E-state index contributed by atoms with van der Waals surface area (Å²) in [7, 11) is 1.27. The van der Waals surface area contributed by atoms with Gasteiger partial charge in [-0.1, -0.05) is 17.7 Å². The van der Waals surface area contributed by atoms with E-state index < -0.39 is 24.3 Å². The predicted octanol–water partition coefficient (Wildman–Crippen LogP) is 2.59. The molecule has 13 heteroatoms. The number of urea groups is 1. The first kappa shape index (κ1) is 26.9. The summed E-state index contributed by atoms with van der Waals surface area (Å²) in [4.78, 5) is 24.5. The highest BCUT2D eigenvalue weighted by Crippen LogP contribution is 2.36. The van der Waals surface area contributed by atoms with Crippen LogP contribution in [0.1, 0.15) is 31.0 Å². The molecule has 202 valence electrons. The third-order valence-corrected chi connectivity index (χ3v) is 5.92. The zero-order chi connectivity index (χ0) is 27.2. The lowest BCUT2D eigenvalue weighted by Crippen LogP contribution is -2.45. The number of nitrogens with one attached hydrogen (secondary N) is 3. The van der Waals surface area contributed by atoms with E-state index in [2.05, 4.69) is 21.2 Å². The first-order chi connectivity index (χ1) is 18.3. The Hall–Kier alpha value is -4.16. The van der Waals surface area contributed by atoms with E-state index in [9.17, 15) is 14.7 Å². The highest BCUT2D eigenvalue weighted by molar-refractivity contribution is 6.33. The summed E-state index contributed by atoms with van der Waals surface area (Å²) in [6.45, 7) is 3.72. The molecule has 0 radical (unpaired) electrons. The highest BCUT2D eigenvalue weighted by atomic mass is 35.5. The van der Waals surface area contributed by atoms with E-state index in [4.69, 9.17) is 35.3 Å². The van der Waals surface area contributed by atoms with Crippen LogP contribution >= 0.6 is 11.6 Å². The second kappa shape index (κ2) is 11.9. The lowest BCUT2D eigenvalue weighted by atomic mass is 9.95. The minimum Gasteiger partial charge on any atom is -0.490 e. The Kier molecular flexibility index (Phi) is 8.44. The van der Waals surface area contributed by atoms with Gasteiger partial charge in [-0.3, -0.25) is 5.43 Å². The van der Waals surface area contributed by atoms with Crippen LogP contribution in [0.2, 0.25) is 5.02 Å². The lowest BCUT2D eigenvalue weighted by molar-refractivity contribution is -0.136. The number of allylic oxidation sites excluding steroid dienone is 1. The number of halogens is 1. The number of esters is 1. The minimum absolute atomic E-state index is 0.126. The van der Waals surface area contributed by atoms with Gasteiger partial charge in [-0.15, -0.1) is 0 Å². The molecule has 2 aromatic rings. The summed E-state index contributed by atoms with van der Waals surface area (Å²) in [6, 6.07) is 7.08. The third-order valence-electron chi connectivity index (χ3n) is 5.59. The van der Waals surface area contributed by atoms with Crippen molar-refractivity contribution < 1.29 is 38.4 Å². The molecule has 2 aliphatic rings. The van der Waals surface area contributed by atoms with Crippen LogP contribution in [0.15, 0.2) is 46.7 Å². The molecule has 0 saturated heterocycles. The lowest BCUT2D eigenvalue weighted by Gasteiger charge is -2.28. The standard InChI is InChI=1S/C25H27ClN4O8/c1-4-35-18-7-14(23-22(24(32)34-3)13(2)28-25(33)29-23)5-6-17(18)36-11-21(31)30-27-10-15-8-19-20(9-16(15)26)38-12-37-19/h5-10,21,23,30-31H,4,11-12H2,1-3H3,(H2,28,29,33)/b27-10+/t21-,23-/m1/s1. The van der Waals surface area contributed by atoms with Crippen molar-refractivity contribution in [3.8, 4) is 23.0 Å². The number of hydrazone groups is 1. The Labute approximate surface area is 223 Å². The molecule has 0 unspecified atom stereocenters. The van der Waals surface area contributed by atoms with Gasteiger partial charge in [-0.25, -0.2) is 9.59 Å². The van der Waals surface area contributed by atoms with E-state index in [0.717, 1.165) is 0 Å². The number of fused-ring (bicyclic) bond motifs is 1. The Morgan fingerprint density at radius 3 is 2.76 bits per heavy atom. The van der Waals surface area contributed by atoms with Gasteiger partial charge in [-0.2, -0.15) is 5.10 Å². The van der Waals surface area contributed by atoms with Crippen molar-refractivity contribution in [1.82, 2.24) is 16.1 Å². The highest BCUT2D eigenvalue weighted by Gasteiger charge is 2.32. The fourth-order valence-corrected chi connectivity index (χ4v) is 4.05. The third kappa shape index (κ3) is 6.03. The van der Waals surface area contributed by atoms with Gasteiger partial charge in [0.25, 0.3) is 0 Å². The number of nitrogens with zero attached hydrogens (tertiary/aromatic N) is 1. The molecule has 4 rings (SSSR count). The van der Waals surface area contributed by atoms with Gasteiger partial charge in [0, 0.05) is 17.3 Å². The SMILES string of the molecule is CCOc1cc([C@H]2NC(=O)NC(C)=C2C(=O)OC)ccc1OC[C@@H](O)N/N=C/c1cc2c(cc1Cl)OCO2. The van der Waals surface area contributed by atoms with Crippen molar-refractivity contribution >= 4 is 29.8 Å². The number of amides is 2. The molecule has 0 saturated carbocycles. The molecular weight excluding hydrogens is 520 g/mol. The number of aliphatic hydroxyl groups excluding tert-OH is 1. The molecule has 2 aromatic carbocycles. The van der Waals surface area contributed by atoms with Crippen molar-refractivity contribution in [3.63, 3.8) is 0 Å². The fourth-order valence-electron chi connectivity index (χ4n) is 3.85.